The lowest BCUT2D eigenvalue weighted by atomic mass is 9.85. The molecule has 0 aliphatic heterocycles. The average molecular weight is 603 g/mol. The number of aryl methyl sites for hydroxylation is 2. The number of carbonyl (C=O) groups is 2. The van der Waals surface area contributed by atoms with Crippen molar-refractivity contribution in [2.45, 2.75) is 41.5 Å². The van der Waals surface area contributed by atoms with Gasteiger partial charge >= 0.3 is 0 Å². The van der Waals surface area contributed by atoms with Crippen LogP contribution in [0.1, 0.15) is 59.5 Å². The smallest absolute Gasteiger partial charge is 0.172 e. The predicted molar refractivity (Wildman–Crippen MR) is 174 cm³/mol. The largest absolute Gasteiger partial charge is 0.495 e. The fraction of sp³-hybridized carbons (Fsp3) is 0.389. The molecule has 0 spiro atoms. The Morgan fingerprint density at radius 3 is 1.05 bits per heavy atom. The van der Waals surface area contributed by atoms with Crippen LogP contribution in [0.25, 0.3) is 32.7 Å². The van der Waals surface area contributed by atoms with E-state index in [-0.39, 0.29) is 23.4 Å². The number of fused-ring (bicyclic) bond motifs is 2. The molecule has 0 amide bonds. The molecule has 8 nitrogen and oxygen atoms in total. The quantitative estimate of drug-likeness (QED) is 0.160. The van der Waals surface area contributed by atoms with Crippen LogP contribution >= 0.6 is 0 Å². The highest BCUT2D eigenvalue weighted by atomic mass is 16.5. The average Bonchev–Trinajstić information content (AvgIpc) is 3.00. The van der Waals surface area contributed by atoms with Crippen LogP contribution in [0, 0.1) is 25.7 Å². The Hall–Kier alpha value is -4.46. The van der Waals surface area contributed by atoms with Crippen LogP contribution in [0.4, 0.5) is 0 Å². The molecule has 0 aliphatic rings. The molecule has 0 atom stereocenters. The standard InChI is InChI=1S/C36H42O8/c1-17(2)31(37)29-21-13-19(5)27(33(41-9)23(21)15-25(39-7)35(29)43-11)28-20(6)14-22-24(34(28)42-10)16-26(40-8)36(44-12)30(22)32(38)18(3)4/h13-18H,1-12H3. The zero-order chi connectivity index (χ0) is 32.6. The van der Waals surface area contributed by atoms with E-state index in [0.29, 0.717) is 67.2 Å². The van der Waals surface area contributed by atoms with E-state index in [1.807, 2.05) is 65.8 Å². The molecule has 0 radical (unpaired) electrons. The topological polar surface area (TPSA) is 89.5 Å². The van der Waals surface area contributed by atoms with Crippen LogP contribution in [0.2, 0.25) is 0 Å². The maximum atomic E-state index is 13.6. The Morgan fingerprint density at radius 1 is 0.477 bits per heavy atom. The lowest BCUT2D eigenvalue weighted by molar-refractivity contribution is 0.0930. The van der Waals surface area contributed by atoms with Gasteiger partial charge in [0.05, 0.1) is 53.8 Å². The Bertz CT molecular complexity index is 1650. The zero-order valence-electron chi connectivity index (χ0n) is 27.7. The first-order chi connectivity index (χ1) is 20.9. The highest BCUT2D eigenvalue weighted by Crippen LogP contribution is 2.52. The molecule has 8 heteroatoms. The summed E-state index contributed by atoms with van der Waals surface area (Å²) in [7, 11) is 9.36. The molecule has 0 saturated carbocycles. The van der Waals surface area contributed by atoms with E-state index in [1.54, 1.807) is 28.4 Å². The van der Waals surface area contributed by atoms with E-state index >= 15 is 0 Å². The predicted octanol–water partition coefficient (Wildman–Crippen LogP) is 8.01. The van der Waals surface area contributed by atoms with Gasteiger partial charge in [-0.15, -0.1) is 0 Å². The first-order valence-corrected chi connectivity index (χ1v) is 14.5. The Balaban J connectivity index is 2.24. The van der Waals surface area contributed by atoms with Crippen molar-refractivity contribution in [3.8, 4) is 45.6 Å². The van der Waals surface area contributed by atoms with Crippen molar-refractivity contribution < 1.29 is 38.0 Å². The van der Waals surface area contributed by atoms with Crippen molar-refractivity contribution in [3.05, 3.63) is 46.5 Å². The van der Waals surface area contributed by atoms with Crippen LogP contribution < -0.4 is 28.4 Å². The number of ether oxygens (including phenoxy) is 6. The number of methoxy groups -OCH3 is 6. The van der Waals surface area contributed by atoms with Gasteiger partial charge in [-0.25, -0.2) is 0 Å². The van der Waals surface area contributed by atoms with Crippen LogP contribution in [-0.2, 0) is 0 Å². The van der Waals surface area contributed by atoms with Gasteiger partial charge in [0.1, 0.15) is 11.5 Å². The summed E-state index contributed by atoms with van der Waals surface area (Å²) in [6.45, 7) is 11.4. The molecule has 0 N–H and O–H groups in total. The van der Waals surface area contributed by atoms with Crippen LogP contribution in [-0.4, -0.2) is 54.2 Å². The van der Waals surface area contributed by atoms with E-state index < -0.39 is 0 Å². The van der Waals surface area contributed by atoms with E-state index in [0.717, 1.165) is 22.3 Å². The second-order valence-electron chi connectivity index (χ2n) is 11.4. The molecule has 4 aromatic rings. The molecular weight excluding hydrogens is 560 g/mol. The first kappa shape index (κ1) is 32.5. The van der Waals surface area contributed by atoms with Gasteiger partial charge in [-0.2, -0.15) is 0 Å². The maximum absolute atomic E-state index is 13.6. The molecule has 4 aromatic carbocycles. The van der Waals surface area contributed by atoms with Gasteiger partial charge in [-0.1, -0.05) is 27.7 Å². The van der Waals surface area contributed by atoms with Gasteiger partial charge in [-0.05, 0) is 49.2 Å². The molecule has 0 aromatic heterocycles. The Morgan fingerprint density at radius 2 is 0.795 bits per heavy atom. The van der Waals surface area contributed by atoms with Crippen molar-refractivity contribution in [3.63, 3.8) is 0 Å². The van der Waals surface area contributed by atoms with Crippen LogP contribution in [0.5, 0.6) is 34.5 Å². The Labute approximate surface area is 259 Å². The molecule has 0 aliphatic carbocycles. The summed E-state index contributed by atoms with van der Waals surface area (Å²) in [5.41, 5.74) is 4.19. The SMILES string of the molecule is COc1cc2c(OC)c(-c3c(C)cc4c(C(=O)C(C)C)c(OC)c(OC)cc4c3OC)c(C)cc2c(C(=O)C(C)C)c1OC. The Kier molecular flexibility index (Phi) is 9.33. The maximum Gasteiger partial charge on any atom is 0.172 e. The fourth-order valence-electron chi connectivity index (χ4n) is 6.01. The van der Waals surface area contributed by atoms with E-state index in [9.17, 15) is 9.59 Å². The number of ketones is 2. The highest BCUT2D eigenvalue weighted by molar-refractivity contribution is 6.17. The summed E-state index contributed by atoms with van der Waals surface area (Å²) in [5, 5.41) is 2.79. The monoisotopic (exact) mass is 602 g/mol. The third kappa shape index (κ3) is 5.06. The van der Waals surface area contributed by atoms with Crippen molar-refractivity contribution >= 4 is 33.1 Å². The summed E-state index contributed by atoms with van der Waals surface area (Å²) in [4.78, 5) is 27.1. The molecule has 4 rings (SSSR count). The van der Waals surface area contributed by atoms with Crippen molar-refractivity contribution in [1.82, 2.24) is 0 Å². The minimum atomic E-state index is -0.275. The molecule has 0 fully saturated rings. The number of rotatable bonds is 11. The number of carbonyl (C=O) groups excluding carboxylic acids is 2. The van der Waals surface area contributed by atoms with E-state index in [1.165, 1.54) is 14.2 Å². The summed E-state index contributed by atoms with van der Waals surface area (Å²) in [5.74, 6) is 2.04. The lowest BCUT2D eigenvalue weighted by Crippen LogP contribution is -2.12. The molecule has 0 bridgehead atoms. The van der Waals surface area contributed by atoms with Gasteiger partial charge < -0.3 is 28.4 Å². The highest BCUT2D eigenvalue weighted by Gasteiger charge is 2.30. The number of Topliss-reactive ketones (excluding diaryl/α,β-unsaturated/α-hetero) is 2. The van der Waals surface area contributed by atoms with Gasteiger partial charge in [0.15, 0.2) is 34.6 Å². The minimum Gasteiger partial charge on any atom is -0.495 e. The third-order valence-corrected chi connectivity index (χ3v) is 8.07. The molecule has 44 heavy (non-hydrogen) atoms. The van der Waals surface area contributed by atoms with Crippen molar-refractivity contribution in [2.75, 3.05) is 42.7 Å². The number of hydrogen-bond acceptors (Lipinski definition) is 8. The van der Waals surface area contributed by atoms with Crippen LogP contribution in [0.3, 0.4) is 0 Å². The lowest BCUT2D eigenvalue weighted by Gasteiger charge is -2.24. The molecule has 234 valence electrons. The number of hydrogen-bond donors (Lipinski definition) is 0. The summed E-state index contributed by atoms with van der Waals surface area (Å²) in [6.07, 6.45) is 0. The zero-order valence-corrected chi connectivity index (χ0v) is 27.7. The van der Waals surface area contributed by atoms with Crippen molar-refractivity contribution in [1.29, 1.82) is 0 Å². The van der Waals surface area contributed by atoms with E-state index in [4.69, 9.17) is 28.4 Å². The van der Waals surface area contributed by atoms with Gasteiger partial charge in [0.25, 0.3) is 0 Å². The first-order valence-electron chi connectivity index (χ1n) is 14.5. The molecule has 0 saturated heterocycles. The van der Waals surface area contributed by atoms with Crippen molar-refractivity contribution in [2.24, 2.45) is 11.8 Å². The number of benzene rings is 4. The second kappa shape index (κ2) is 12.6. The normalized spacial score (nSPS) is 11.3. The fourth-order valence-corrected chi connectivity index (χ4v) is 6.01. The molecule has 0 unspecified atom stereocenters. The van der Waals surface area contributed by atoms with Gasteiger partial charge in [-0.3, -0.25) is 9.59 Å². The molecule has 0 heterocycles. The summed E-state index contributed by atoms with van der Waals surface area (Å²) < 4.78 is 35.1. The van der Waals surface area contributed by atoms with E-state index in [2.05, 4.69) is 0 Å². The van der Waals surface area contributed by atoms with Gasteiger partial charge in [0, 0.05) is 44.5 Å². The summed E-state index contributed by atoms with van der Waals surface area (Å²) in [6, 6.07) is 7.64. The minimum absolute atomic E-state index is 0.0668. The molecular formula is C36H42O8. The second-order valence-corrected chi connectivity index (χ2v) is 11.4. The summed E-state index contributed by atoms with van der Waals surface area (Å²) >= 11 is 0. The van der Waals surface area contributed by atoms with Crippen LogP contribution in [0.15, 0.2) is 24.3 Å². The van der Waals surface area contributed by atoms with Gasteiger partial charge in [0.2, 0.25) is 0 Å². The third-order valence-electron chi connectivity index (χ3n) is 8.07.